The van der Waals surface area contributed by atoms with Crippen molar-refractivity contribution < 1.29 is 19.4 Å². The zero-order valence-corrected chi connectivity index (χ0v) is 12.3. The zero-order chi connectivity index (χ0) is 15.1. The molecule has 0 bridgehead atoms. The van der Waals surface area contributed by atoms with Gasteiger partial charge in [0.1, 0.15) is 13.2 Å². The summed E-state index contributed by atoms with van der Waals surface area (Å²) >= 11 is 5.91. The number of benzene rings is 1. The predicted molar refractivity (Wildman–Crippen MR) is 75.6 cm³/mol. The number of carboxylic acids is 1. The van der Waals surface area contributed by atoms with Crippen LogP contribution in [0.5, 0.6) is 0 Å². The molecule has 1 amide bonds. The summed E-state index contributed by atoms with van der Waals surface area (Å²) in [6, 6.07) is 7.24. The Morgan fingerprint density at radius 3 is 2.60 bits per heavy atom. The SMILES string of the molecule is CC(C)N(Cc1cccc(Cl)c1)C(=O)COCC(=O)O. The van der Waals surface area contributed by atoms with Gasteiger partial charge in [-0.2, -0.15) is 0 Å². The van der Waals surface area contributed by atoms with Gasteiger partial charge in [0.05, 0.1) is 0 Å². The lowest BCUT2D eigenvalue weighted by Crippen LogP contribution is -2.39. The van der Waals surface area contributed by atoms with Gasteiger partial charge in [-0.3, -0.25) is 4.79 Å². The van der Waals surface area contributed by atoms with E-state index in [2.05, 4.69) is 0 Å². The minimum atomic E-state index is -1.09. The second-order valence-corrected chi connectivity index (χ2v) is 5.07. The van der Waals surface area contributed by atoms with Crippen LogP contribution in [0.1, 0.15) is 19.4 Å². The molecule has 0 radical (unpaired) electrons. The molecule has 1 N–H and O–H groups in total. The van der Waals surface area contributed by atoms with Crippen LogP contribution in [0.25, 0.3) is 0 Å². The fourth-order valence-electron chi connectivity index (χ4n) is 1.70. The van der Waals surface area contributed by atoms with E-state index in [0.717, 1.165) is 5.56 Å². The molecule has 0 saturated carbocycles. The van der Waals surface area contributed by atoms with Crippen LogP contribution in [0.3, 0.4) is 0 Å². The molecule has 0 unspecified atom stereocenters. The summed E-state index contributed by atoms with van der Waals surface area (Å²) in [6.45, 7) is 3.46. The van der Waals surface area contributed by atoms with Gasteiger partial charge in [0.15, 0.2) is 0 Å². The molecule has 0 spiro atoms. The van der Waals surface area contributed by atoms with Crippen molar-refractivity contribution in [2.24, 2.45) is 0 Å². The minimum Gasteiger partial charge on any atom is -0.480 e. The van der Waals surface area contributed by atoms with Gasteiger partial charge in [-0.1, -0.05) is 23.7 Å². The molecule has 0 atom stereocenters. The first-order valence-corrected chi connectivity index (χ1v) is 6.61. The van der Waals surface area contributed by atoms with Crippen molar-refractivity contribution in [2.75, 3.05) is 13.2 Å². The lowest BCUT2D eigenvalue weighted by Gasteiger charge is -2.26. The molecule has 110 valence electrons. The number of aliphatic carboxylic acids is 1. The fourth-order valence-corrected chi connectivity index (χ4v) is 1.91. The van der Waals surface area contributed by atoms with E-state index in [1.54, 1.807) is 17.0 Å². The van der Waals surface area contributed by atoms with E-state index in [9.17, 15) is 9.59 Å². The Morgan fingerprint density at radius 1 is 1.35 bits per heavy atom. The molecule has 1 rings (SSSR count). The van der Waals surface area contributed by atoms with E-state index >= 15 is 0 Å². The Kier molecular flexibility index (Phi) is 6.48. The van der Waals surface area contributed by atoms with Gasteiger partial charge in [0, 0.05) is 17.6 Å². The third kappa shape index (κ3) is 5.59. The van der Waals surface area contributed by atoms with Crippen molar-refractivity contribution in [3.63, 3.8) is 0 Å². The van der Waals surface area contributed by atoms with Crippen LogP contribution in [-0.4, -0.2) is 41.1 Å². The molecule has 0 saturated heterocycles. The number of hydrogen-bond acceptors (Lipinski definition) is 3. The fraction of sp³-hybridized carbons (Fsp3) is 0.429. The maximum Gasteiger partial charge on any atom is 0.329 e. The smallest absolute Gasteiger partial charge is 0.329 e. The Bertz CT molecular complexity index is 476. The van der Waals surface area contributed by atoms with E-state index < -0.39 is 12.6 Å². The number of hydrogen-bond donors (Lipinski definition) is 1. The highest BCUT2D eigenvalue weighted by molar-refractivity contribution is 6.30. The molecule has 1 aromatic carbocycles. The van der Waals surface area contributed by atoms with E-state index in [0.29, 0.717) is 11.6 Å². The molecule has 0 aliphatic rings. The van der Waals surface area contributed by atoms with E-state index in [4.69, 9.17) is 21.4 Å². The minimum absolute atomic E-state index is 0.0186. The number of carboxylic acid groups (broad SMARTS) is 1. The molecular weight excluding hydrogens is 282 g/mol. The van der Waals surface area contributed by atoms with Gasteiger partial charge in [-0.15, -0.1) is 0 Å². The maximum absolute atomic E-state index is 12.0. The molecule has 0 aromatic heterocycles. The van der Waals surface area contributed by atoms with Crippen LogP contribution in [0, 0.1) is 0 Å². The average Bonchev–Trinajstić information content (AvgIpc) is 2.35. The second-order valence-electron chi connectivity index (χ2n) is 4.63. The van der Waals surface area contributed by atoms with Crippen LogP contribution >= 0.6 is 11.6 Å². The lowest BCUT2D eigenvalue weighted by atomic mass is 10.2. The highest BCUT2D eigenvalue weighted by atomic mass is 35.5. The van der Waals surface area contributed by atoms with E-state index in [1.165, 1.54) is 0 Å². The van der Waals surface area contributed by atoms with Crippen LogP contribution in [0.4, 0.5) is 0 Å². The summed E-state index contributed by atoms with van der Waals surface area (Å²) in [7, 11) is 0. The van der Waals surface area contributed by atoms with Crippen LogP contribution < -0.4 is 0 Å². The molecule has 0 aliphatic carbocycles. The Labute approximate surface area is 123 Å². The molecule has 0 fully saturated rings. The van der Waals surface area contributed by atoms with E-state index in [1.807, 2.05) is 26.0 Å². The first-order valence-electron chi connectivity index (χ1n) is 6.23. The monoisotopic (exact) mass is 299 g/mol. The summed E-state index contributed by atoms with van der Waals surface area (Å²) < 4.78 is 4.83. The summed E-state index contributed by atoms with van der Waals surface area (Å²) in [6.07, 6.45) is 0. The maximum atomic E-state index is 12.0. The summed E-state index contributed by atoms with van der Waals surface area (Å²) in [5, 5.41) is 9.09. The van der Waals surface area contributed by atoms with Crippen molar-refractivity contribution >= 4 is 23.5 Å². The molecule has 20 heavy (non-hydrogen) atoms. The van der Waals surface area contributed by atoms with Crippen molar-refractivity contribution in [2.45, 2.75) is 26.4 Å². The number of carbonyl (C=O) groups excluding carboxylic acids is 1. The first-order chi connectivity index (χ1) is 9.40. The molecule has 0 aliphatic heterocycles. The molecule has 0 heterocycles. The van der Waals surface area contributed by atoms with Gasteiger partial charge in [0.2, 0.25) is 5.91 Å². The van der Waals surface area contributed by atoms with Gasteiger partial charge >= 0.3 is 5.97 Å². The molecule has 1 aromatic rings. The lowest BCUT2D eigenvalue weighted by molar-refractivity contribution is -0.146. The topological polar surface area (TPSA) is 66.8 Å². The number of amides is 1. The summed E-state index contributed by atoms with van der Waals surface area (Å²) in [5.41, 5.74) is 0.915. The summed E-state index contributed by atoms with van der Waals surface area (Å²) in [5.74, 6) is -1.34. The van der Waals surface area contributed by atoms with Crippen molar-refractivity contribution in [1.82, 2.24) is 4.90 Å². The Morgan fingerprint density at radius 2 is 2.05 bits per heavy atom. The number of ether oxygens (including phenoxy) is 1. The van der Waals surface area contributed by atoms with Gasteiger partial charge in [-0.25, -0.2) is 4.79 Å². The number of carbonyl (C=O) groups is 2. The van der Waals surface area contributed by atoms with Gasteiger partial charge < -0.3 is 14.7 Å². The highest BCUT2D eigenvalue weighted by Gasteiger charge is 2.17. The standard InChI is InChI=1S/C14H18ClNO4/c1-10(2)16(13(17)8-20-9-14(18)19)7-11-4-3-5-12(15)6-11/h3-6,10H,7-9H2,1-2H3,(H,18,19). The van der Waals surface area contributed by atoms with Crippen molar-refractivity contribution in [3.05, 3.63) is 34.9 Å². The van der Waals surface area contributed by atoms with Crippen molar-refractivity contribution in [3.8, 4) is 0 Å². The van der Waals surface area contributed by atoms with Crippen LogP contribution in [0.15, 0.2) is 24.3 Å². The normalized spacial score (nSPS) is 10.6. The van der Waals surface area contributed by atoms with Crippen LogP contribution in [-0.2, 0) is 20.9 Å². The number of halogens is 1. The molecule has 5 nitrogen and oxygen atoms in total. The first kappa shape index (κ1) is 16.5. The van der Waals surface area contributed by atoms with E-state index in [-0.39, 0.29) is 18.6 Å². The number of rotatable bonds is 7. The third-order valence-corrected chi connectivity index (χ3v) is 2.87. The van der Waals surface area contributed by atoms with Gasteiger partial charge in [-0.05, 0) is 31.5 Å². The summed E-state index contributed by atoms with van der Waals surface area (Å²) in [4.78, 5) is 24.0. The number of nitrogens with zero attached hydrogens (tertiary/aromatic N) is 1. The largest absolute Gasteiger partial charge is 0.480 e. The molecule has 6 heteroatoms. The predicted octanol–water partition coefficient (Wildman–Crippen LogP) is 2.18. The zero-order valence-electron chi connectivity index (χ0n) is 11.5. The van der Waals surface area contributed by atoms with Crippen molar-refractivity contribution in [1.29, 1.82) is 0 Å². The molecular formula is C14H18ClNO4. The Hall–Kier alpha value is -1.59. The average molecular weight is 300 g/mol. The second kappa shape index (κ2) is 7.87. The quantitative estimate of drug-likeness (QED) is 0.838. The van der Waals surface area contributed by atoms with Gasteiger partial charge in [0.25, 0.3) is 0 Å². The highest BCUT2D eigenvalue weighted by Crippen LogP contribution is 2.14. The van der Waals surface area contributed by atoms with Crippen LogP contribution in [0.2, 0.25) is 5.02 Å². The third-order valence-electron chi connectivity index (χ3n) is 2.64. The Balaban J connectivity index is 2.64.